The number of nitrogens with one attached hydrogen (secondary N) is 4. The van der Waals surface area contributed by atoms with Crippen molar-refractivity contribution in [3.8, 4) is 10.6 Å². The van der Waals surface area contributed by atoms with Crippen molar-refractivity contribution in [1.82, 2.24) is 41.2 Å². The van der Waals surface area contributed by atoms with Crippen LogP contribution in [-0.2, 0) is 44.8 Å². The molecule has 0 saturated carbocycles. The number of nitrogens with two attached hydrogens (primary N) is 2. The summed E-state index contributed by atoms with van der Waals surface area (Å²) in [6.45, 7) is 3.87. The summed E-state index contributed by atoms with van der Waals surface area (Å²) in [5, 5.41) is 22.7. The zero-order valence-corrected chi connectivity index (χ0v) is 39.7. The fourth-order valence-corrected chi connectivity index (χ4v) is 10.9. The van der Waals surface area contributed by atoms with Crippen LogP contribution in [0.4, 0.5) is 0 Å². The number of rotatable bonds is 10. The molecule has 0 bridgehead atoms. The minimum atomic E-state index is -1.37. The van der Waals surface area contributed by atoms with Gasteiger partial charge in [0.25, 0.3) is 0 Å². The first-order valence-electron chi connectivity index (χ1n) is 23.1. The van der Waals surface area contributed by atoms with Crippen LogP contribution in [0.2, 0.25) is 0 Å². The van der Waals surface area contributed by atoms with Gasteiger partial charge in [-0.3, -0.25) is 38.4 Å². The van der Waals surface area contributed by atoms with Crippen LogP contribution in [0.3, 0.4) is 0 Å². The monoisotopic (exact) mass is 966 g/mol. The van der Waals surface area contributed by atoms with Gasteiger partial charge in [0.05, 0.1) is 29.6 Å². The maximum Gasteiger partial charge on any atom is 0.243 e. The third kappa shape index (κ3) is 12.1. The summed E-state index contributed by atoms with van der Waals surface area (Å²) in [5.41, 5.74) is 13.9. The highest BCUT2D eigenvalue weighted by molar-refractivity contribution is 7.17. The van der Waals surface area contributed by atoms with Crippen molar-refractivity contribution >= 4 is 85.5 Å². The van der Waals surface area contributed by atoms with Crippen molar-refractivity contribution in [2.24, 2.45) is 23.3 Å². The number of fused-ring (bicyclic) bond motifs is 2. The van der Waals surface area contributed by atoms with Gasteiger partial charge in [-0.1, -0.05) is 61.9 Å². The van der Waals surface area contributed by atoms with Gasteiger partial charge in [-0.05, 0) is 71.7 Å². The second kappa shape index (κ2) is 22.5. The minimum Gasteiger partial charge on any atom is -0.370 e. The summed E-state index contributed by atoms with van der Waals surface area (Å²) >= 11 is 3.06. The van der Waals surface area contributed by atoms with E-state index >= 15 is 4.79 Å². The Balaban J connectivity index is 1.24. The third-order valence-corrected chi connectivity index (χ3v) is 15.2. The van der Waals surface area contributed by atoms with Gasteiger partial charge in [-0.2, -0.15) is 0 Å². The molecule has 1 aliphatic carbocycles. The Bertz CT molecular complexity index is 2620. The second-order valence-corrected chi connectivity index (χ2v) is 19.7. The summed E-state index contributed by atoms with van der Waals surface area (Å²) in [7, 11) is 0. The standard InChI is InChI=1S/C48H58N10O8S2/c1-3-27(2)32-22-38(59)34(23-42(49)60)52-44(62)18-17-43(61)51-19-9-8-13-33(45(50)63)53-46(64)35(20-29-26-67-40-14-7-6-12-31(29)40)54-47(65)37-21-30(24-57(37)48(32)66)58-25-36(55-56-58)41-16-15-39(68-41)28-10-4-5-11-28/h4-7,10,12,14-16,25-27,30,32-35,37H,3,8-9,11,13,17-24H2,1-2H3,(H2,49,60)(H2,50,63)(H,51,61)(H,52,62)(H,53,64)(H,54,65)/t27-,30-,32-,33-,34-,35-,37-/m0/s1. The maximum absolute atomic E-state index is 15.1. The average molecular weight is 967 g/mol. The molecule has 2 aliphatic heterocycles. The number of ketones is 1. The molecule has 7 rings (SSSR count). The summed E-state index contributed by atoms with van der Waals surface area (Å²) in [5.74, 6) is -6.57. The number of thiophene rings is 2. The normalized spacial score (nSPS) is 24.4. The Hall–Kier alpha value is -6.54. The molecule has 5 heterocycles. The molecule has 360 valence electrons. The Labute approximate surface area is 401 Å². The predicted molar refractivity (Wildman–Crippen MR) is 257 cm³/mol. The van der Waals surface area contributed by atoms with Crippen LogP contribution in [0.5, 0.6) is 0 Å². The molecule has 3 aromatic heterocycles. The first-order valence-corrected chi connectivity index (χ1v) is 24.8. The molecule has 0 spiro atoms. The molecule has 7 amide bonds. The van der Waals surface area contributed by atoms with Gasteiger partial charge in [0.15, 0.2) is 5.78 Å². The van der Waals surface area contributed by atoms with E-state index in [1.807, 2.05) is 61.7 Å². The maximum atomic E-state index is 15.1. The molecule has 68 heavy (non-hydrogen) atoms. The molecule has 1 aromatic carbocycles. The largest absolute Gasteiger partial charge is 0.370 e. The highest BCUT2D eigenvalue weighted by Crippen LogP contribution is 2.36. The molecule has 2 saturated heterocycles. The molecule has 3 aliphatic rings. The van der Waals surface area contributed by atoms with E-state index in [2.05, 4.69) is 43.7 Å². The lowest BCUT2D eigenvalue weighted by atomic mass is 9.84. The third-order valence-electron chi connectivity index (χ3n) is 13.0. The van der Waals surface area contributed by atoms with Gasteiger partial charge in [0.2, 0.25) is 41.4 Å². The van der Waals surface area contributed by atoms with E-state index in [0.29, 0.717) is 25.0 Å². The van der Waals surface area contributed by atoms with Gasteiger partial charge in [0, 0.05) is 60.7 Å². The number of Topliss-reactive ketones (excluding diaryl/α,β-unsaturated/α-hetero) is 1. The zero-order chi connectivity index (χ0) is 48.5. The van der Waals surface area contributed by atoms with E-state index in [-0.39, 0.29) is 45.2 Å². The predicted octanol–water partition coefficient (Wildman–Crippen LogP) is 3.47. The molecule has 0 unspecified atom stereocenters. The SMILES string of the molecule is CC[C@H](C)[C@@H]1CC(=O)[C@H](CC(N)=O)NC(=O)CCC(=O)NCCCC[C@@H](C(N)=O)NC(=O)[C@H](Cc2csc3ccccc23)NC(=O)[C@@H]2C[C@H](n3cc(-c4ccc(C5=CC=CC5)s4)nn3)CN2C1=O. The van der Waals surface area contributed by atoms with Crippen LogP contribution in [0, 0.1) is 11.8 Å². The van der Waals surface area contributed by atoms with E-state index in [4.69, 9.17) is 11.5 Å². The number of amides is 7. The van der Waals surface area contributed by atoms with Gasteiger partial charge in [-0.25, -0.2) is 4.68 Å². The molecule has 0 radical (unpaired) electrons. The summed E-state index contributed by atoms with van der Waals surface area (Å²) in [6, 6.07) is 6.27. The topological polar surface area (TPSA) is 271 Å². The Kier molecular flexibility index (Phi) is 16.3. The average Bonchev–Trinajstić information content (AvgIpc) is 4.18. The molecule has 7 atom stereocenters. The molecular weight excluding hydrogens is 909 g/mol. The van der Waals surface area contributed by atoms with Crippen molar-refractivity contribution in [3.05, 3.63) is 76.6 Å². The highest BCUT2D eigenvalue weighted by Gasteiger charge is 2.45. The van der Waals surface area contributed by atoms with Gasteiger partial charge in [0.1, 0.15) is 23.8 Å². The number of hydrogen-bond donors (Lipinski definition) is 6. The molecule has 20 heteroatoms. The van der Waals surface area contributed by atoms with Crippen LogP contribution in [-0.4, -0.2) is 104 Å². The van der Waals surface area contributed by atoms with Crippen LogP contribution in [0.1, 0.15) is 94.5 Å². The number of benzene rings is 1. The van der Waals surface area contributed by atoms with Gasteiger partial charge in [-0.15, -0.1) is 27.8 Å². The van der Waals surface area contributed by atoms with E-state index in [1.165, 1.54) is 21.8 Å². The Morgan fingerprint density at radius 1 is 0.926 bits per heavy atom. The van der Waals surface area contributed by atoms with Gasteiger partial charge >= 0.3 is 0 Å². The number of hydrogen-bond acceptors (Lipinski definition) is 12. The van der Waals surface area contributed by atoms with Crippen molar-refractivity contribution in [2.45, 2.75) is 115 Å². The van der Waals surface area contributed by atoms with Crippen molar-refractivity contribution in [1.29, 1.82) is 0 Å². The lowest BCUT2D eigenvalue weighted by Gasteiger charge is -2.32. The molecule has 4 aromatic rings. The molecule has 18 nitrogen and oxygen atoms in total. The number of aromatic nitrogens is 3. The van der Waals surface area contributed by atoms with Crippen molar-refractivity contribution in [2.75, 3.05) is 13.1 Å². The number of allylic oxidation sites excluding steroid dienone is 4. The van der Waals surface area contributed by atoms with E-state index in [0.717, 1.165) is 31.8 Å². The zero-order valence-electron chi connectivity index (χ0n) is 38.1. The summed E-state index contributed by atoms with van der Waals surface area (Å²) < 4.78 is 2.61. The fourth-order valence-electron chi connectivity index (χ4n) is 8.91. The second-order valence-electron chi connectivity index (χ2n) is 17.8. The molecule has 2 fully saturated rings. The molecule has 8 N–H and O–H groups in total. The summed E-state index contributed by atoms with van der Waals surface area (Å²) in [4.78, 5) is 113. The van der Waals surface area contributed by atoms with E-state index in [1.54, 1.807) is 22.2 Å². The van der Waals surface area contributed by atoms with E-state index in [9.17, 15) is 33.6 Å². The lowest BCUT2D eigenvalue weighted by Crippen LogP contribution is -2.57. The number of nitrogens with zero attached hydrogens (tertiary/aromatic N) is 4. The number of primary amides is 2. The first-order chi connectivity index (χ1) is 32.7. The molecular formula is C48H58N10O8S2. The van der Waals surface area contributed by atoms with E-state index < -0.39 is 102 Å². The first kappa shape index (κ1) is 49.4. The van der Waals surface area contributed by atoms with Crippen LogP contribution >= 0.6 is 22.7 Å². The Morgan fingerprint density at radius 3 is 2.46 bits per heavy atom. The lowest BCUT2D eigenvalue weighted by molar-refractivity contribution is -0.145. The smallest absolute Gasteiger partial charge is 0.243 e. The summed E-state index contributed by atoms with van der Waals surface area (Å²) in [6.07, 6.45) is 8.88. The minimum absolute atomic E-state index is 0.00557. The number of carbonyl (C=O) groups excluding carboxylic acids is 8. The Morgan fingerprint density at radius 2 is 1.71 bits per heavy atom. The van der Waals surface area contributed by atoms with Crippen molar-refractivity contribution < 1.29 is 38.4 Å². The number of carbonyl (C=O) groups is 8. The highest BCUT2D eigenvalue weighted by atomic mass is 32.1. The van der Waals surface area contributed by atoms with Crippen molar-refractivity contribution in [3.63, 3.8) is 0 Å². The van der Waals surface area contributed by atoms with Crippen LogP contribution in [0.15, 0.2) is 66.2 Å². The van der Waals surface area contributed by atoms with Crippen LogP contribution < -0.4 is 32.7 Å². The van der Waals surface area contributed by atoms with Crippen LogP contribution in [0.25, 0.3) is 26.2 Å². The fraction of sp³-hybridized carbons (Fsp3) is 0.458. The van der Waals surface area contributed by atoms with Gasteiger partial charge < -0.3 is 37.6 Å². The quantitative estimate of drug-likeness (QED) is 0.135.